The van der Waals surface area contributed by atoms with E-state index in [4.69, 9.17) is 37.9 Å². The summed E-state index contributed by atoms with van der Waals surface area (Å²) in [6.07, 6.45) is 7.68. The molecule has 6 rings (SSSR count). The summed E-state index contributed by atoms with van der Waals surface area (Å²) in [4.78, 5) is 0. The molecule has 3 heteroatoms. The number of hydrogen-bond acceptors (Lipinski definition) is 3. The van der Waals surface area contributed by atoms with Crippen molar-refractivity contribution in [1.82, 2.24) is 0 Å². The fourth-order valence-electron chi connectivity index (χ4n) is 8.55. The Morgan fingerprint density at radius 3 is 1.50 bits per heavy atom. The van der Waals surface area contributed by atoms with Crippen LogP contribution in [0, 0.1) is 55.8 Å². The minimum Gasteiger partial charge on any atom is -0.179 e. The zero-order chi connectivity index (χ0) is 24.4. The van der Waals surface area contributed by atoms with Crippen LogP contribution in [0.2, 0.25) is 0 Å². The van der Waals surface area contributed by atoms with Crippen molar-refractivity contribution in [3.63, 3.8) is 0 Å². The molecule has 0 aliphatic heterocycles. The third kappa shape index (κ3) is 3.88. The minimum absolute atomic E-state index is 0.232. The van der Waals surface area contributed by atoms with Crippen molar-refractivity contribution in [2.45, 2.75) is 71.6 Å². The van der Waals surface area contributed by atoms with Gasteiger partial charge in [0.2, 0.25) is 0 Å². The largest absolute Gasteiger partial charge is 0.179 e. The number of benzene rings is 2. The average Bonchev–Trinajstić information content (AvgIpc) is 2.82. The Bertz CT molecular complexity index is 1100. The highest BCUT2D eigenvalue weighted by Gasteiger charge is 2.67. The Hall–Kier alpha value is -0.950. The normalized spacial score (nSPS) is 33.6. The maximum absolute atomic E-state index is 4.91. The number of thiol groups is 3. The van der Waals surface area contributed by atoms with Crippen LogP contribution < -0.4 is 0 Å². The second-order valence-corrected chi connectivity index (χ2v) is 13.2. The standard InChI is InChI=1S/C31H38S3/c1-21-11-22(2)24(4)27(23(21)3)10-7-25-5-8-26(9-6-25)31-15-28(18-32)12-29(16-31,19-33)14-30(13-28,17-31)20-34/h5-6,8-9,11,32-34H,12-20H2,1-4H3. The average molecular weight is 507 g/mol. The second-order valence-electron chi connectivity index (χ2n) is 12.3. The van der Waals surface area contributed by atoms with Gasteiger partial charge in [0.1, 0.15) is 0 Å². The summed E-state index contributed by atoms with van der Waals surface area (Å²) in [6.45, 7) is 8.74. The van der Waals surface area contributed by atoms with Crippen LogP contribution in [0.3, 0.4) is 0 Å². The van der Waals surface area contributed by atoms with Gasteiger partial charge in [-0.25, -0.2) is 0 Å². The molecular formula is C31H38S3. The van der Waals surface area contributed by atoms with Gasteiger partial charge in [0.05, 0.1) is 0 Å². The molecule has 0 atom stereocenters. The van der Waals surface area contributed by atoms with Crippen LogP contribution in [-0.4, -0.2) is 17.3 Å². The van der Waals surface area contributed by atoms with Crippen LogP contribution in [0.4, 0.5) is 0 Å². The molecular weight excluding hydrogens is 469 g/mol. The molecule has 0 nitrogen and oxygen atoms in total. The smallest absolute Gasteiger partial charge is 0.0312 e. The Kier molecular flexibility index (Phi) is 6.23. The van der Waals surface area contributed by atoms with E-state index in [0.29, 0.717) is 16.2 Å². The van der Waals surface area contributed by atoms with Crippen molar-refractivity contribution in [2.24, 2.45) is 16.2 Å². The third-order valence-corrected chi connectivity index (χ3v) is 11.6. The Morgan fingerprint density at radius 2 is 1.09 bits per heavy atom. The molecule has 0 spiro atoms. The quantitative estimate of drug-likeness (QED) is 0.275. The highest BCUT2D eigenvalue weighted by Crippen LogP contribution is 2.74. The van der Waals surface area contributed by atoms with Crippen molar-refractivity contribution in [3.05, 3.63) is 69.3 Å². The van der Waals surface area contributed by atoms with Crippen molar-refractivity contribution >= 4 is 37.9 Å². The van der Waals surface area contributed by atoms with E-state index >= 15 is 0 Å². The minimum atomic E-state index is 0.232. The Morgan fingerprint density at radius 1 is 0.647 bits per heavy atom. The lowest BCUT2D eigenvalue weighted by atomic mass is 9.35. The summed E-state index contributed by atoms with van der Waals surface area (Å²) in [7, 11) is 0. The van der Waals surface area contributed by atoms with Crippen LogP contribution in [0.1, 0.15) is 77.5 Å². The van der Waals surface area contributed by atoms with Gasteiger partial charge >= 0.3 is 0 Å². The Labute approximate surface area is 223 Å². The highest BCUT2D eigenvalue weighted by atomic mass is 32.1. The van der Waals surface area contributed by atoms with E-state index in [1.165, 1.54) is 71.9 Å². The Balaban J connectivity index is 1.50. The number of aryl methyl sites for hydroxylation is 2. The molecule has 0 N–H and O–H groups in total. The number of hydrogen-bond donors (Lipinski definition) is 3. The van der Waals surface area contributed by atoms with Gasteiger partial charge in [-0.2, -0.15) is 37.9 Å². The lowest BCUT2D eigenvalue weighted by Crippen LogP contribution is -2.64. The van der Waals surface area contributed by atoms with Crippen molar-refractivity contribution in [2.75, 3.05) is 17.3 Å². The first-order valence-corrected chi connectivity index (χ1v) is 14.5. The molecule has 0 radical (unpaired) electrons. The van der Waals surface area contributed by atoms with Crippen LogP contribution in [0.15, 0.2) is 30.3 Å². The van der Waals surface area contributed by atoms with E-state index in [-0.39, 0.29) is 5.41 Å². The van der Waals surface area contributed by atoms with Crippen molar-refractivity contribution < 1.29 is 0 Å². The van der Waals surface area contributed by atoms with Gasteiger partial charge in [0.25, 0.3) is 0 Å². The molecule has 2 aromatic carbocycles. The topological polar surface area (TPSA) is 0 Å². The molecule has 4 saturated carbocycles. The summed E-state index contributed by atoms with van der Waals surface area (Å²) in [5, 5.41) is 0. The molecule has 34 heavy (non-hydrogen) atoms. The van der Waals surface area contributed by atoms with Crippen LogP contribution in [0.5, 0.6) is 0 Å². The molecule has 0 unspecified atom stereocenters. The van der Waals surface area contributed by atoms with E-state index in [1.807, 2.05) is 0 Å². The predicted molar refractivity (Wildman–Crippen MR) is 156 cm³/mol. The molecule has 0 aromatic heterocycles. The molecule has 180 valence electrons. The summed E-state index contributed by atoms with van der Waals surface area (Å²) >= 11 is 14.7. The fraction of sp³-hybridized carbons (Fsp3) is 0.548. The van der Waals surface area contributed by atoms with E-state index in [2.05, 4.69) is 69.9 Å². The van der Waals surface area contributed by atoms with Crippen LogP contribution in [-0.2, 0) is 5.41 Å². The molecule has 0 heterocycles. The molecule has 4 aliphatic carbocycles. The number of rotatable bonds is 4. The van der Waals surface area contributed by atoms with Gasteiger partial charge in [-0.05, 0) is 145 Å². The first kappa shape index (κ1) is 24.7. The first-order valence-electron chi connectivity index (χ1n) is 12.7. The van der Waals surface area contributed by atoms with Gasteiger partial charge in [-0.15, -0.1) is 0 Å². The summed E-state index contributed by atoms with van der Waals surface area (Å²) in [6, 6.07) is 11.5. The van der Waals surface area contributed by atoms with Crippen molar-refractivity contribution in [3.8, 4) is 11.8 Å². The van der Waals surface area contributed by atoms with Crippen molar-refractivity contribution in [1.29, 1.82) is 0 Å². The lowest BCUT2D eigenvalue weighted by Gasteiger charge is -2.71. The molecule has 4 bridgehead atoms. The van der Waals surface area contributed by atoms with Gasteiger partial charge in [-0.1, -0.05) is 30.0 Å². The van der Waals surface area contributed by atoms with E-state index < -0.39 is 0 Å². The molecule has 4 aliphatic rings. The SMILES string of the molecule is Cc1cc(C)c(C)c(C#Cc2ccc(C34CC5(CS)CC(CS)(CC(CS)(C5)C3)C4)cc2)c1C. The molecule has 4 fully saturated rings. The summed E-state index contributed by atoms with van der Waals surface area (Å²) < 4.78 is 0. The highest BCUT2D eigenvalue weighted by molar-refractivity contribution is 7.80. The predicted octanol–water partition coefficient (Wildman–Crippen LogP) is 7.69. The van der Waals surface area contributed by atoms with Gasteiger partial charge in [-0.3, -0.25) is 0 Å². The van der Waals surface area contributed by atoms with E-state index in [9.17, 15) is 0 Å². The van der Waals surface area contributed by atoms with Crippen LogP contribution >= 0.6 is 37.9 Å². The zero-order valence-electron chi connectivity index (χ0n) is 21.1. The molecule has 2 aromatic rings. The lowest BCUT2D eigenvalue weighted by molar-refractivity contribution is -0.145. The van der Waals surface area contributed by atoms with Crippen LogP contribution in [0.25, 0.3) is 0 Å². The zero-order valence-corrected chi connectivity index (χ0v) is 23.8. The van der Waals surface area contributed by atoms with Gasteiger partial charge in [0, 0.05) is 11.1 Å². The maximum atomic E-state index is 4.91. The van der Waals surface area contributed by atoms with E-state index in [0.717, 1.165) is 22.8 Å². The van der Waals surface area contributed by atoms with Gasteiger partial charge < -0.3 is 0 Å². The second kappa shape index (κ2) is 8.57. The molecule has 0 saturated heterocycles. The maximum Gasteiger partial charge on any atom is 0.0312 e. The monoisotopic (exact) mass is 506 g/mol. The summed E-state index contributed by atoms with van der Waals surface area (Å²) in [5.41, 5.74) is 10.2. The third-order valence-electron chi connectivity index (χ3n) is 9.59. The molecule has 0 amide bonds. The fourth-order valence-corrected chi connectivity index (χ4v) is 9.55. The summed E-state index contributed by atoms with van der Waals surface area (Å²) in [5.74, 6) is 9.92. The first-order chi connectivity index (χ1) is 16.1. The van der Waals surface area contributed by atoms with Gasteiger partial charge in [0.15, 0.2) is 0 Å². The van der Waals surface area contributed by atoms with E-state index in [1.54, 1.807) is 0 Å².